The highest BCUT2D eigenvalue weighted by Crippen LogP contribution is 2.56. The van der Waals surface area contributed by atoms with E-state index in [1.807, 2.05) is 0 Å². The number of rotatable bonds is 6. The second-order valence-corrected chi connectivity index (χ2v) is 11.4. The van der Waals surface area contributed by atoms with Crippen LogP contribution in [0.1, 0.15) is 61.6 Å². The van der Waals surface area contributed by atoms with E-state index in [2.05, 4.69) is 23.2 Å². The van der Waals surface area contributed by atoms with Gasteiger partial charge in [0.15, 0.2) is 0 Å². The van der Waals surface area contributed by atoms with Crippen LogP contribution in [0.4, 0.5) is 19.0 Å². The number of ether oxygens (including phenoxy) is 1. The minimum Gasteiger partial charge on any atom is -0.490 e. The summed E-state index contributed by atoms with van der Waals surface area (Å²) in [5, 5.41) is 9.61. The van der Waals surface area contributed by atoms with Gasteiger partial charge in [-0.15, -0.1) is 0 Å². The van der Waals surface area contributed by atoms with Crippen LogP contribution in [0.3, 0.4) is 0 Å². The van der Waals surface area contributed by atoms with E-state index in [1.165, 1.54) is 17.8 Å². The Labute approximate surface area is 208 Å². The second-order valence-electron chi connectivity index (χ2n) is 11.4. The number of carboxylic acids is 1. The summed E-state index contributed by atoms with van der Waals surface area (Å²) in [6.45, 7) is 3.01. The van der Waals surface area contributed by atoms with E-state index in [1.54, 1.807) is 11.8 Å². The number of aryl methyl sites for hydroxylation is 1. The fraction of sp³-hybridized carbons (Fsp3) is 0.571. The molecule has 6 rings (SSSR count). The third-order valence-electron chi connectivity index (χ3n) is 8.87. The van der Waals surface area contributed by atoms with Crippen LogP contribution < -0.4 is 9.64 Å². The molecule has 2 aromatic rings. The van der Waals surface area contributed by atoms with Gasteiger partial charge in [-0.3, -0.25) is 4.79 Å². The van der Waals surface area contributed by atoms with E-state index in [0.717, 1.165) is 55.9 Å². The van der Waals surface area contributed by atoms with Crippen molar-refractivity contribution in [1.29, 1.82) is 0 Å². The molecule has 1 N–H and O–H groups in total. The van der Waals surface area contributed by atoms with Gasteiger partial charge in [0.2, 0.25) is 0 Å². The van der Waals surface area contributed by atoms with Crippen LogP contribution in [0.2, 0.25) is 0 Å². The molecule has 3 atom stereocenters. The lowest BCUT2D eigenvalue weighted by atomic mass is 9.55. The molecule has 2 saturated carbocycles. The summed E-state index contributed by atoms with van der Waals surface area (Å²) in [6, 6.07) is 8.69. The monoisotopic (exact) mass is 500 g/mol. The predicted molar refractivity (Wildman–Crippen MR) is 128 cm³/mol. The summed E-state index contributed by atoms with van der Waals surface area (Å²) in [4.78, 5) is 17.5. The van der Waals surface area contributed by atoms with Gasteiger partial charge in [0, 0.05) is 24.7 Å². The van der Waals surface area contributed by atoms with Crippen molar-refractivity contribution >= 4 is 11.8 Å². The largest absolute Gasteiger partial charge is 0.490 e. The number of halogens is 3. The standard InChI is InChI=1S/C28H31F3N2O3/c1-16(26(34)35)24(18-5-6-18)19-7-4-17-8-9-22(36-23(17)11-19)20-12-27(13-20)14-33(15-27)25-21(28(29,30)31)3-2-10-32-25/h2-4,7,10-11,16,18,20,22,24H,5-6,8-9,12-15H2,1H3,(H,34,35)/t16-,22?,24-/m0/s1. The Balaban J connectivity index is 1.10. The van der Waals surface area contributed by atoms with Crippen molar-refractivity contribution in [3.63, 3.8) is 0 Å². The summed E-state index contributed by atoms with van der Waals surface area (Å²) in [7, 11) is 0. The number of benzene rings is 1. The molecule has 0 bridgehead atoms. The van der Waals surface area contributed by atoms with Gasteiger partial charge in [0.1, 0.15) is 17.7 Å². The molecule has 1 aromatic carbocycles. The van der Waals surface area contributed by atoms with Crippen LogP contribution in [0.15, 0.2) is 36.5 Å². The van der Waals surface area contributed by atoms with E-state index in [0.29, 0.717) is 24.9 Å². The van der Waals surface area contributed by atoms with Crippen LogP contribution in [-0.4, -0.2) is 35.3 Å². The molecule has 5 nitrogen and oxygen atoms in total. The lowest BCUT2D eigenvalue weighted by Gasteiger charge is -2.61. The normalized spacial score (nSPS) is 24.8. The number of anilines is 1. The van der Waals surface area contributed by atoms with Crippen molar-refractivity contribution < 1.29 is 27.8 Å². The van der Waals surface area contributed by atoms with Crippen molar-refractivity contribution in [3.8, 4) is 5.75 Å². The first kappa shape index (κ1) is 23.6. The molecule has 0 amide bonds. The summed E-state index contributed by atoms with van der Waals surface area (Å²) >= 11 is 0. The minimum atomic E-state index is -4.41. The highest BCUT2D eigenvalue weighted by Gasteiger charge is 2.56. The number of aliphatic carboxylic acids is 1. The van der Waals surface area contributed by atoms with Gasteiger partial charge >= 0.3 is 12.1 Å². The second kappa shape index (κ2) is 8.38. The average Bonchev–Trinajstić information content (AvgIpc) is 3.62. The molecule has 1 unspecified atom stereocenters. The molecule has 192 valence electrons. The Morgan fingerprint density at radius 1 is 1.19 bits per heavy atom. The molecule has 0 radical (unpaired) electrons. The smallest absolute Gasteiger partial charge is 0.419 e. The molecule has 36 heavy (non-hydrogen) atoms. The van der Waals surface area contributed by atoms with Crippen LogP contribution in [0.25, 0.3) is 0 Å². The first-order chi connectivity index (χ1) is 17.1. The van der Waals surface area contributed by atoms with Crippen LogP contribution in [-0.2, 0) is 17.4 Å². The van der Waals surface area contributed by atoms with Crippen LogP contribution in [0, 0.1) is 23.2 Å². The van der Waals surface area contributed by atoms with E-state index >= 15 is 0 Å². The van der Waals surface area contributed by atoms with Crippen LogP contribution in [0.5, 0.6) is 5.75 Å². The lowest BCUT2D eigenvalue weighted by Crippen LogP contribution is -2.64. The van der Waals surface area contributed by atoms with Gasteiger partial charge in [-0.05, 0) is 85.6 Å². The Bertz CT molecular complexity index is 1160. The first-order valence-electron chi connectivity index (χ1n) is 12.9. The van der Waals surface area contributed by atoms with Crippen molar-refractivity contribution in [3.05, 3.63) is 53.2 Å². The van der Waals surface area contributed by atoms with E-state index in [-0.39, 0.29) is 23.3 Å². The molecule has 1 spiro atoms. The maximum absolute atomic E-state index is 13.4. The number of aromatic nitrogens is 1. The zero-order chi connectivity index (χ0) is 25.2. The van der Waals surface area contributed by atoms with Crippen molar-refractivity contribution in [1.82, 2.24) is 4.98 Å². The summed E-state index contributed by atoms with van der Waals surface area (Å²) < 4.78 is 46.6. The highest BCUT2D eigenvalue weighted by atomic mass is 19.4. The quantitative estimate of drug-likeness (QED) is 0.533. The SMILES string of the molecule is C[C@H](C(=O)O)[C@H](c1ccc2c(c1)OC(C1CC3(C1)CN(c1ncccc1C(F)(F)F)C3)CC2)C1CC1. The number of fused-ring (bicyclic) bond motifs is 1. The lowest BCUT2D eigenvalue weighted by molar-refractivity contribution is -0.142. The molecule has 1 aromatic heterocycles. The number of hydrogen-bond donors (Lipinski definition) is 1. The molecule has 2 aliphatic carbocycles. The molecule has 3 fully saturated rings. The van der Waals surface area contributed by atoms with E-state index in [4.69, 9.17) is 4.74 Å². The Morgan fingerprint density at radius 2 is 1.94 bits per heavy atom. The van der Waals surface area contributed by atoms with Gasteiger partial charge < -0.3 is 14.7 Å². The maximum atomic E-state index is 13.4. The van der Waals surface area contributed by atoms with Crippen molar-refractivity contribution in [2.24, 2.45) is 23.2 Å². The third kappa shape index (κ3) is 4.12. The Morgan fingerprint density at radius 3 is 2.61 bits per heavy atom. The number of alkyl halides is 3. The molecule has 1 saturated heterocycles. The summed E-state index contributed by atoms with van der Waals surface area (Å²) in [6.07, 6.45) is 3.05. The number of pyridine rings is 1. The molecule has 2 aliphatic heterocycles. The number of carboxylic acid groups (broad SMARTS) is 1. The molecule has 4 aliphatic rings. The number of carbonyl (C=O) groups is 1. The predicted octanol–water partition coefficient (Wildman–Crippen LogP) is 5.92. The number of hydrogen-bond acceptors (Lipinski definition) is 4. The maximum Gasteiger partial charge on any atom is 0.419 e. The van der Waals surface area contributed by atoms with E-state index in [9.17, 15) is 23.1 Å². The van der Waals surface area contributed by atoms with Gasteiger partial charge in [-0.1, -0.05) is 19.1 Å². The molecular weight excluding hydrogens is 469 g/mol. The highest BCUT2D eigenvalue weighted by molar-refractivity contribution is 5.71. The zero-order valence-electron chi connectivity index (χ0n) is 20.3. The topological polar surface area (TPSA) is 62.7 Å². The van der Waals surface area contributed by atoms with Gasteiger partial charge in [0.25, 0.3) is 0 Å². The molecular formula is C28H31F3N2O3. The van der Waals surface area contributed by atoms with E-state index < -0.39 is 23.6 Å². The Hall–Kier alpha value is -2.77. The van der Waals surface area contributed by atoms with Gasteiger partial charge in [-0.25, -0.2) is 4.98 Å². The summed E-state index contributed by atoms with van der Waals surface area (Å²) in [5.41, 5.74) is 1.62. The van der Waals surface area contributed by atoms with Crippen LogP contribution >= 0.6 is 0 Å². The average molecular weight is 501 g/mol. The van der Waals surface area contributed by atoms with Gasteiger partial charge in [0.05, 0.1) is 11.5 Å². The zero-order valence-corrected chi connectivity index (χ0v) is 20.3. The first-order valence-corrected chi connectivity index (χ1v) is 12.9. The molecule has 3 heterocycles. The fourth-order valence-electron chi connectivity index (χ4n) is 6.88. The fourth-order valence-corrected chi connectivity index (χ4v) is 6.88. The van der Waals surface area contributed by atoms with Crippen molar-refractivity contribution in [2.75, 3.05) is 18.0 Å². The summed E-state index contributed by atoms with van der Waals surface area (Å²) in [5.74, 6) is 0.566. The minimum absolute atomic E-state index is 0.0119. The third-order valence-corrected chi connectivity index (χ3v) is 8.87. The Kier molecular flexibility index (Phi) is 5.50. The van der Waals surface area contributed by atoms with Crippen molar-refractivity contribution in [2.45, 2.75) is 63.6 Å². The van der Waals surface area contributed by atoms with Gasteiger partial charge in [-0.2, -0.15) is 13.2 Å². The number of nitrogens with zero attached hydrogens (tertiary/aromatic N) is 2. The molecule has 8 heteroatoms.